The van der Waals surface area contributed by atoms with E-state index in [4.69, 9.17) is 14.2 Å². The number of alkyl carbamates (subject to hydrolysis) is 2. The van der Waals surface area contributed by atoms with Gasteiger partial charge >= 0.3 is 18.2 Å². The van der Waals surface area contributed by atoms with Crippen molar-refractivity contribution in [1.29, 1.82) is 0 Å². The molecule has 0 heterocycles. The van der Waals surface area contributed by atoms with Crippen LogP contribution in [0.3, 0.4) is 0 Å². The number of nitrogens with one attached hydrogen (secondary N) is 2. The second-order valence-electron chi connectivity index (χ2n) is 12.1. The summed E-state index contributed by atoms with van der Waals surface area (Å²) in [5.41, 5.74) is -1.88. The first-order valence-electron chi connectivity index (χ1n) is 14.7. The molecular weight excluding hydrogens is 596 g/mol. The van der Waals surface area contributed by atoms with E-state index in [-0.39, 0.29) is 19.5 Å². The molecule has 1 rings (SSSR count). The summed E-state index contributed by atoms with van der Waals surface area (Å²) < 4.78 is 44.0. The summed E-state index contributed by atoms with van der Waals surface area (Å²) in [5.74, 6) is -0.797. The van der Waals surface area contributed by atoms with Crippen molar-refractivity contribution in [1.82, 2.24) is 14.9 Å². The number of carbonyl (C=O) groups excluding carboxylic acids is 3. The normalized spacial score (nSPS) is 12.7. The number of para-hydroxylation sites is 1. The number of methoxy groups -OCH3 is 1. The van der Waals surface area contributed by atoms with Gasteiger partial charge in [0.05, 0.1) is 12.0 Å². The third-order valence-corrected chi connectivity index (χ3v) is 7.97. The van der Waals surface area contributed by atoms with Gasteiger partial charge in [0, 0.05) is 25.7 Å². The average Bonchev–Trinajstić information content (AvgIpc) is 2.90. The lowest BCUT2D eigenvalue weighted by molar-refractivity contribution is -0.387. The number of amides is 2. The zero-order valence-corrected chi connectivity index (χ0v) is 27.7. The molecule has 0 saturated heterocycles. The maximum atomic E-state index is 13.9. The van der Waals surface area contributed by atoms with Gasteiger partial charge < -0.3 is 24.8 Å². The Morgan fingerprint density at radius 3 is 1.86 bits per heavy atom. The Kier molecular flexibility index (Phi) is 15.5. The molecule has 1 aromatic carbocycles. The number of esters is 1. The molecule has 0 aliphatic carbocycles. The summed E-state index contributed by atoms with van der Waals surface area (Å²) in [5, 5.41) is 17.0. The van der Waals surface area contributed by atoms with E-state index >= 15 is 0 Å². The van der Waals surface area contributed by atoms with Crippen molar-refractivity contribution in [3.63, 3.8) is 0 Å². The molecule has 0 aromatic heterocycles. The molecule has 0 spiro atoms. The minimum absolute atomic E-state index is 0.0579. The fraction of sp³-hybridized carbons (Fsp3) is 0.690. The zero-order valence-electron chi connectivity index (χ0n) is 26.8. The van der Waals surface area contributed by atoms with Crippen LogP contribution in [0.2, 0.25) is 0 Å². The highest BCUT2D eigenvalue weighted by Gasteiger charge is 2.39. The second kappa shape index (κ2) is 17.7. The first kappa shape index (κ1) is 38.6. The maximum Gasteiger partial charge on any atom is 0.407 e. The molecule has 2 N–H and O–H groups in total. The van der Waals surface area contributed by atoms with E-state index in [0.29, 0.717) is 45.1 Å². The highest BCUT2D eigenvalue weighted by Crippen LogP contribution is 2.29. The van der Waals surface area contributed by atoms with Crippen molar-refractivity contribution in [3.8, 4) is 0 Å². The number of nitrogens with zero attached hydrogens (tertiary/aromatic N) is 2. The molecule has 44 heavy (non-hydrogen) atoms. The lowest BCUT2D eigenvalue weighted by Crippen LogP contribution is -2.46. The Morgan fingerprint density at radius 1 is 0.864 bits per heavy atom. The molecule has 250 valence electrons. The minimum Gasteiger partial charge on any atom is -0.468 e. The minimum atomic E-state index is -4.51. The number of carbonyl (C=O) groups is 3. The van der Waals surface area contributed by atoms with E-state index in [1.54, 1.807) is 41.5 Å². The fourth-order valence-electron chi connectivity index (χ4n) is 4.13. The number of benzene rings is 1. The summed E-state index contributed by atoms with van der Waals surface area (Å²) in [6.45, 7) is 11.0. The third-order valence-electron chi connectivity index (χ3n) is 6.02. The lowest BCUT2D eigenvalue weighted by Gasteiger charge is -2.29. The molecular formula is C29H48N4O10S. The summed E-state index contributed by atoms with van der Waals surface area (Å²) in [6.07, 6.45) is 1.86. The Bertz CT molecular complexity index is 1210. The Labute approximate surface area is 260 Å². The summed E-state index contributed by atoms with van der Waals surface area (Å²) in [7, 11) is -3.36. The van der Waals surface area contributed by atoms with Gasteiger partial charge in [0.1, 0.15) is 17.2 Å². The number of unbranched alkanes of at least 4 members (excludes halogenated alkanes) is 4. The molecule has 0 radical (unpaired) electrons. The lowest BCUT2D eigenvalue weighted by atomic mass is 10.1. The Hall–Kier alpha value is -3.46. The molecule has 0 bridgehead atoms. The van der Waals surface area contributed by atoms with Crippen molar-refractivity contribution in [2.45, 2.75) is 109 Å². The first-order valence-corrected chi connectivity index (χ1v) is 16.1. The molecule has 15 heteroatoms. The maximum absolute atomic E-state index is 13.9. The van der Waals surface area contributed by atoms with Crippen molar-refractivity contribution >= 4 is 33.9 Å². The monoisotopic (exact) mass is 644 g/mol. The molecule has 1 aromatic rings. The van der Waals surface area contributed by atoms with Crippen LogP contribution in [0.5, 0.6) is 0 Å². The van der Waals surface area contributed by atoms with E-state index in [0.717, 1.165) is 23.5 Å². The van der Waals surface area contributed by atoms with Gasteiger partial charge in [0.25, 0.3) is 15.7 Å². The summed E-state index contributed by atoms with van der Waals surface area (Å²) in [6, 6.07) is 3.73. The topological polar surface area (TPSA) is 183 Å². The third kappa shape index (κ3) is 14.3. The van der Waals surface area contributed by atoms with E-state index in [1.807, 2.05) is 0 Å². The van der Waals surface area contributed by atoms with E-state index < -0.39 is 60.9 Å². The predicted octanol–water partition coefficient (Wildman–Crippen LogP) is 4.91. The molecule has 1 atom stereocenters. The number of hydrogen-bond acceptors (Lipinski definition) is 10. The van der Waals surface area contributed by atoms with E-state index in [1.165, 1.54) is 12.1 Å². The van der Waals surface area contributed by atoms with Crippen LogP contribution in [0.4, 0.5) is 15.3 Å². The van der Waals surface area contributed by atoms with Crippen LogP contribution in [-0.2, 0) is 29.0 Å². The van der Waals surface area contributed by atoms with Crippen LogP contribution < -0.4 is 10.6 Å². The van der Waals surface area contributed by atoms with Gasteiger partial charge in [-0.05, 0) is 79.7 Å². The highest BCUT2D eigenvalue weighted by molar-refractivity contribution is 7.89. The number of nitro benzene ring substituents is 1. The van der Waals surface area contributed by atoms with Crippen molar-refractivity contribution in [3.05, 3.63) is 34.4 Å². The van der Waals surface area contributed by atoms with Crippen molar-refractivity contribution in [2.75, 3.05) is 26.7 Å². The van der Waals surface area contributed by atoms with Gasteiger partial charge in [0.15, 0.2) is 4.90 Å². The van der Waals surface area contributed by atoms with Gasteiger partial charge in [-0.1, -0.05) is 25.0 Å². The number of hydrogen-bond donors (Lipinski definition) is 2. The quantitative estimate of drug-likeness (QED) is 0.0777. The largest absolute Gasteiger partial charge is 0.468 e. The molecule has 2 amide bonds. The van der Waals surface area contributed by atoms with Gasteiger partial charge in [-0.25, -0.2) is 18.0 Å². The van der Waals surface area contributed by atoms with Crippen molar-refractivity contribution in [2.24, 2.45) is 0 Å². The van der Waals surface area contributed by atoms with Gasteiger partial charge in [-0.2, -0.15) is 4.31 Å². The highest BCUT2D eigenvalue weighted by atomic mass is 32.2. The zero-order chi connectivity index (χ0) is 33.6. The number of rotatable bonds is 17. The van der Waals surface area contributed by atoms with Gasteiger partial charge in [-0.15, -0.1) is 0 Å². The van der Waals surface area contributed by atoms with Gasteiger partial charge in [0.2, 0.25) is 0 Å². The van der Waals surface area contributed by atoms with Crippen LogP contribution >= 0.6 is 0 Å². The van der Waals surface area contributed by atoms with Crippen LogP contribution in [0, 0.1) is 10.1 Å². The van der Waals surface area contributed by atoms with Crippen LogP contribution in [0.25, 0.3) is 0 Å². The molecule has 0 saturated carbocycles. The van der Waals surface area contributed by atoms with Gasteiger partial charge in [-0.3, -0.25) is 14.9 Å². The summed E-state index contributed by atoms with van der Waals surface area (Å²) in [4.78, 5) is 47.0. The Balaban J connectivity index is 3.00. The number of nitro groups is 1. The first-order chi connectivity index (χ1) is 20.4. The van der Waals surface area contributed by atoms with Crippen LogP contribution in [0.15, 0.2) is 29.2 Å². The number of sulfonamides is 1. The van der Waals surface area contributed by atoms with Crippen molar-refractivity contribution < 1.29 is 41.9 Å². The predicted molar refractivity (Wildman–Crippen MR) is 164 cm³/mol. The second-order valence-corrected chi connectivity index (χ2v) is 14.0. The summed E-state index contributed by atoms with van der Waals surface area (Å²) >= 11 is 0. The smallest absolute Gasteiger partial charge is 0.407 e. The number of ether oxygens (including phenoxy) is 3. The standard InChI is InChI=1S/C29H48N4O10S/c1-28(2,3)42-26(35)30-19-13-8-9-15-21-32(44(39,40)24-18-11-10-16-22(24)33(37)38)23(25(34)41-7)17-12-14-20-31-27(36)43-29(4,5)6/h10-11,16,18,23H,8-9,12-15,17,19-21H2,1-7H3,(H,30,35)(H,31,36)/t23-/m0/s1. The van der Waals surface area contributed by atoms with Crippen LogP contribution in [-0.4, -0.2) is 79.8 Å². The molecule has 0 aliphatic rings. The SMILES string of the molecule is COC(=O)[C@H](CCCCNC(=O)OC(C)(C)C)N(CCCCCCNC(=O)OC(C)(C)C)S(=O)(=O)c1ccccc1[N+](=O)[O-]. The molecule has 0 aliphatic heterocycles. The van der Waals surface area contributed by atoms with E-state index in [9.17, 15) is 32.9 Å². The van der Waals surface area contributed by atoms with Crippen LogP contribution in [0.1, 0.15) is 86.5 Å². The Morgan fingerprint density at radius 2 is 1.36 bits per heavy atom. The molecule has 0 fully saturated rings. The van der Waals surface area contributed by atoms with E-state index in [2.05, 4.69) is 10.6 Å². The fourth-order valence-corrected chi connectivity index (χ4v) is 5.94. The molecule has 14 nitrogen and oxygen atoms in total. The molecule has 0 unspecified atom stereocenters. The average molecular weight is 645 g/mol.